The normalized spacial score (nSPS) is 15.4. The third kappa shape index (κ3) is 2.91. The number of hydrogen-bond acceptors (Lipinski definition) is 2. The molecule has 0 aromatic heterocycles. The van der Waals surface area contributed by atoms with Crippen molar-refractivity contribution in [1.82, 2.24) is 4.90 Å². The lowest BCUT2D eigenvalue weighted by Crippen LogP contribution is -2.51. The molecule has 1 aromatic carbocycles. The molecule has 1 atom stereocenters. The second kappa shape index (κ2) is 4.47. The number of nitrogens with two attached hydrogens (primary N) is 1. The highest BCUT2D eigenvalue weighted by Crippen LogP contribution is 2.23. The topological polar surface area (TPSA) is 29.3 Å². The van der Waals surface area contributed by atoms with Crippen LogP contribution in [-0.2, 0) is 6.42 Å². The molecule has 0 bridgehead atoms. The van der Waals surface area contributed by atoms with E-state index in [0.717, 1.165) is 0 Å². The Morgan fingerprint density at radius 1 is 1.47 bits per heavy atom. The fraction of sp³-hybridized carbons (Fsp3) is 0.455. The van der Waals surface area contributed by atoms with Crippen LogP contribution in [0, 0.1) is 5.82 Å². The number of likely N-dealkylation sites (N-methyl/N-ethyl adjacent to an activating group) is 1. The largest absolute Gasteiger partial charge is 0.313 e. The van der Waals surface area contributed by atoms with E-state index >= 15 is 0 Å². The first kappa shape index (κ1) is 12.4. The molecule has 1 aromatic rings. The first-order valence-electron chi connectivity index (χ1n) is 4.74. The summed E-state index contributed by atoms with van der Waals surface area (Å²) in [5.41, 5.74) is 5.89. The van der Waals surface area contributed by atoms with Crippen molar-refractivity contribution in [2.75, 3.05) is 14.1 Å². The summed E-state index contributed by atoms with van der Waals surface area (Å²) < 4.78 is 13.5. The van der Waals surface area contributed by atoms with E-state index in [-0.39, 0.29) is 5.82 Å². The van der Waals surface area contributed by atoms with Crippen molar-refractivity contribution in [3.63, 3.8) is 0 Å². The number of benzene rings is 1. The monoisotopic (exact) mass is 230 g/mol. The summed E-state index contributed by atoms with van der Waals surface area (Å²) in [6.07, 6.45) is 0.380. The predicted molar refractivity (Wildman–Crippen MR) is 61.4 cm³/mol. The Bertz CT molecular complexity index is 330. The van der Waals surface area contributed by atoms with Crippen molar-refractivity contribution in [2.45, 2.75) is 19.0 Å². The van der Waals surface area contributed by atoms with Crippen LogP contribution in [0.2, 0.25) is 5.02 Å². The first-order valence-corrected chi connectivity index (χ1v) is 5.11. The van der Waals surface area contributed by atoms with Gasteiger partial charge in [0.15, 0.2) is 0 Å². The van der Waals surface area contributed by atoms with E-state index in [9.17, 15) is 4.39 Å². The van der Waals surface area contributed by atoms with Gasteiger partial charge in [0.25, 0.3) is 0 Å². The van der Waals surface area contributed by atoms with Gasteiger partial charge in [-0.1, -0.05) is 17.7 Å². The molecule has 0 amide bonds. The summed E-state index contributed by atoms with van der Waals surface area (Å²) in [7, 11) is 3.71. The van der Waals surface area contributed by atoms with Crippen LogP contribution in [0.25, 0.3) is 0 Å². The Labute approximate surface area is 94.8 Å². The van der Waals surface area contributed by atoms with Gasteiger partial charge in [0, 0.05) is 17.0 Å². The summed E-state index contributed by atoms with van der Waals surface area (Å²) in [4.78, 5) is 1.84. The number of nitrogens with zero attached hydrogens (tertiary/aromatic N) is 1. The van der Waals surface area contributed by atoms with E-state index in [1.807, 2.05) is 25.9 Å². The van der Waals surface area contributed by atoms with E-state index in [1.54, 1.807) is 12.1 Å². The van der Waals surface area contributed by atoms with Crippen molar-refractivity contribution in [3.05, 3.63) is 34.6 Å². The minimum atomic E-state index is -0.605. The van der Waals surface area contributed by atoms with Gasteiger partial charge in [-0.15, -0.1) is 0 Å². The van der Waals surface area contributed by atoms with Crippen LogP contribution in [0.3, 0.4) is 0 Å². The van der Waals surface area contributed by atoms with Crippen LogP contribution in [0.1, 0.15) is 12.5 Å². The third-order valence-corrected chi connectivity index (χ3v) is 2.97. The van der Waals surface area contributed by atoms with Crippen LogP contribution < -0.4 is 5.73 Å². The van der Waals surface area contributed by atoms with Crippen molar-refractivity contribution in [3.8, 4) is 0 Å². The lowest BCUT2D eigenvalue weighted by atomic mass is 10.0. The summed E-state index contributed by atoms with van der Waals surface area (Å²) in [5, 5.41) is 0.425. The Balaban J connectivity index is 2.99. The van der Waals surface area contributed by atoms with Crippen LogP contribution in [-0.4, -0.2) is 24.7 Å². The Morgan fingerprint density at radius 3 is 2.53 bits per heavy atom. The number of rotatable bonds is 3. The summed E-state index contributed by atoms with van der Waals surface area (Å²) >= 11 is 5.93. The molecule has 15 heavy (non-hydrogen) atoms. The Hall–Kier alpha value is -0.640. The number of hydrogen-bond donors (Lipinski definition) is 1. The second-order valence-electron chi connectivity index (χ2n) is 4.13. The average Bonchev–Trinajstić information content (AvgIpc) is 2.11. The van der Waals surface area contributed by atoms with Gasteiger partial charge in [0.2, 0.25) is 0 Å². The van der Waals surface area contributed by atoms with Crippen molar-refractivity contribution >= 4 is 11.6 Å². The molecule has 0 spiro atoms. The molecule has 1 rings (SSSR count). The van der Waals surface area contributed by atoms with Gasteiger partial charge in [-0.25, -0.2) is 4.39 Å². The van der Waals surface area contributed by atoms with Gasteiger partial charge in [0.1, 0.15) is 5.82 Å². The molecule has 0 aliphatic carbocycles. The van der Waals surface area contributed by atoms with Gasteiger partial charge < -0.3 is 5.73 Å². The highest BCUT2D eigenvalue weighted by atomic mass is 35.5. The standard InChI is InChI=1S/C11H16ClFN2/c1-11(14,15(2)3)7-8-9(12)5-4-6-10(8)13/h4-6H,7,14H2,1-3H3. The zero-order chi connectivity index (χ0) is 11.6. The molecule has 0 saturated carbocycles. The molecule has 0 aliphatic rings. The van der Waals surface area contributed by atoms with E-state index in [0.29, 0.717) is 17.0 Å². The second-order valence-corrected chi connectivity index (χ2v) is 4.54. The third-order valence-electron chi connectivity index (χ3n) is 2.62. The molecule has 84 valence electrons. The fourth-order valence-electron chi connectivity index (χ4n) is 1.22. The van der Waals surface area contributed by atoms with Crippen LogP contribution in [0.5, 0.6) is 0 Å². The van der Waals surface area contributed by atoms with Gasteiger partial charge in [0.05, 0.1) is 5.66 Å². The van der Waals surface area contributed by atoms with Crippen molar-refractivity contribution in [2.24, 2.45) is 5.73 Å². The van der Waals surface area contributed by atoms with Gasteiger partial charge in [-0.05, 0) is 33.2 Å². The van der Waals surface area contributed by atoms with Gasteiger partial charge in [-0.3, -0.25) is 4.90 Å². The number of halogens is 2. The SMILES string of the molecule is CN(C)C(C)(N)Cc1c(F)cccc1Cl. The van der Waals surface area contributed by atoms with E-state index < -0.39 is 5.66 Å². The van der Waals surface area contributed by atoms with Crippen LogP contribution in [0.4, 0.5) is 4.39 Å². The molecule has 4 heteroatoms. The smallest absolute Gasteiger partial charge is 0.128 e. The quantitative estimate of drug-likeness (QED) is 0.808. The molecule has 0 aliphatic heterocycles. The van der Waals surface area contributed by atoms with Crippen molar-refractivity contribution < 1.29 is 4.39 Å². The van der Waals surface area contributed by atoms with Crippen molar-refractivity contribution in [1.29, 1.82) is 0 Å². The van der Waals surface area contributed by atoms with Gasteiger partial charge in [-0.2, -0.15) is 0 Å². The lowest BCUT2D eigenvalue weighted by Gasteiger charge is -2.32. The minimum Gasteiger partial charge on any atom is -0.313 e. The minimum absolute atomic E-state index is 0.305. The summed E-state index contributed by atoms with van der Waals surface area (Å²) in [6.45, 7) is 1.84. The zero-order valence-corrected chi connectivity index (χ0v) is 9.98. The average molecular weight is 231 g/mol. The molecular weight excluding hydrogens is 215 g/mol. The van der Waals surface area contributed by atoms with Crippen LogP contribution in [0.15, 0.2) is 18.2 Å². The molecule has 1 unspecified atom stereocenters. The molecule has 0 fully saturated rings. The maximum absolute atomic E-state index is 13.5. The fourth-order valence-corrected chi connectivity index (χ4v) is 1.45. The van der Waals surface area contributed by atoms with Gasteiger partial charge >= 0.3 is 0 Å². The molecule has 0 radical (unpaired) electrons. The van der Waals surface area contributed by atoms with E-state index in [1.165, 1.54) is 6.07 Å². The highest BCUT2D eigenvalue weighted by molar-refractivity contribution is 6.31. The van der Waals surface area contributed by atoms with E-state index in [4.69, 9.17) is 17.3 Å². The van der Waals surface area contributed by atoms with Crippen LogP contribution >= 0.6 is 11.6 Å². The Morgan fingerprint density at radius 2 is 2.07 bits per heavy atom. The summed E-state index contributed by atoms with van der Waals surface area (Å²) in [5.74, 6) is -0.305. The molecule has 2 nitrogen and oxygen atoms in total. The summed E-state index contributed by atoms with van der Waals surface area (Å²) in [6, 6.07) is 4.66. The molecule has 0 saturated heterocycles. The maximum Gasteiger partial charge on any atom is 0.128 e. The lowest BCUT2D eigenvalue weighted by molar-refractivity contribution is 0.179. The maximum atomic E-state index is 13.5. The zero-order valence-electron chi connectivity index (χ0n) is 9.22. The molecular formula is C11H16ClFN2. The first-order chi connectivity index (χ1) is 6.84. The highest BCUT2D eigenvalue weighted by Gasteiger charge is 2.24. The predicted octanol–water partition coefficient (Wildman–Crippen LogP) is 2.26. The van der Waals surface area contributed by atoms with E-state index in [2.05, 4.69) is 0 Å². The Kier molecular flexibility index (Phi) is 3.71. The molecule has 2 N–H and O–H groups in total. The molecule has 0 heterocycles.